The Morgan fingerprint density at radius 1 is 1.54 bits per heavy atom. The van der Waals surface area contributed by atoms with Gasteiger partial charge in [-0.05, 0) is 49.4 Å². The molecule has 0 unspecified atom stereocenters. The van der Waals surface area contributed by atoms with Gasteiger partial charge in [-0.3, -0.25) is 0 Å². The summed E-state index contributed by atoms with van der Waals surface area (Å²) in [5.41, 5.74) is 1.85. The molecule has 2 fully saturated rings. The molecule has 13 heavy (non-hydrogen) atoms. The first-order valence-corrected chi connectivity index (χ1v) is 5.48. The molecule has 0 heterocycles. The maximum atomic E-state index is 8.87. The van der Waals surface area contributed by atoms with Crippen LogP contribution in [0.25, 0.3) is 0 Å². The van der Waals surface area contributed by atoms with Gasteiger partial charge in [0.15, 0.2) is 0 Å². The molecule has 0 aliphatic heterocycles. The summed E-state index contributed by atoms with van der Waals surface area (Å²) in [6.07, 6.45) is 6.23. The maximum Gasteiger partial charge on any atom is 0.0431 e. The van der Waals surface area contributed by atoms with Gasteiger partial charge in [0.2, 0.25) is 0 Å². The summed E-state index contributed by atoms with van der Waals surface area (Å²) in [6.45, 7) is 6.95. The fraction of sp³-hybridized carbons (Fsp3) is 0.833. The third kappa shape index (κ3) is 1.25. The zero-order valence-electron chi connectivity index (χ0n) is 8.55. The molecule has 1 heteroatoms. The van der Waals surface area contributed by atoms with Gasteiger partial charge < -0.3 is 5.11 Å². The summed E-state index contributed by atoms with van der Waals surface area (Å²) in [5.74, 6) is 1.69. The quantitative estimate of drug-likeness (QED) is 0.662. The first kappa shape index (κ1) is 9.26. The molecule has 0 amide bonds. The summed E-state index contributed by atoms with van der Waals surface area (Å²) in [7, 11) is 0. The zero-order valence-corrected chi connectivity index (χ0v) is 8.55. The molecular weight excluding hydrogens is 160 g/mol. The summed E-state index contributed by atoms with van der Waals surface area (Å²) in [6, 6.07) is 0. The van der Waals surface area contributed by atoms with E-state index in [-0.39, 0.29) is 0 Å². The second-order valence-corrected chi connectivity index (χ2v) is 4.98. The Balaban J connectivity index is 2.09. The summed E-state index contributed by atoms with van der Waals surface area (Å²) < 4.78 is 0. The van der Waals surface area contributed by atoms with Crippen molar-refractivity contribution in [2.24, 2.45) is 17.3 Å². The van der Waals surface area contributed by atoms with E-state index in [1.54, 1.807) is 0 Å². The molecule has 0 aromatic carbocycles. The van der Waals surface area contributed by atoms with Gasteiger partial charge in [-0.25, -0.2) is 0 Å². The fourth-order valence-corrected chi connectivity index (χ4v) is 3.42. The minimum atomic E-state index is 0.334. The molecule has 2 saturated carbocycles. The van der Waals surface area contributed by atoms with Crippen LogP contribution >= 0.6 is 0 Å². The van der Waals surface area contributed by atoms with Crippen molar-refractivity contribution in [1.29, 1.82) is 0 Å². The van der Waals surface area contributed by atoms with Crippen molar-refractivity contribution in [2.45, 2.75) is 39.0 Å². The first-order chi connectivity index (χ1) is 6.18. The van der Waals surface area contributed by atoms with E-state index in [0.29, 0.717) is 12.0 Å². The molecule has 2 rings (SSSR count). The van der Waals surface area contributed by atoms with Crippen molar-refractivity contribution in [3.63, 3.8) is 0 Å². The Morgan fingerprint density at radius 3 is 2.85 bits per heavy atom. The summed E-state index contributed by atoms with van der Waals surface area (Å²) in [4.78, 5) is 0. The number of aliphatic hydroxyl groups excluding tert-OH is 1. The number of allylic oxidation sites excluding steroid dienone is 1. The molecule has 2 aliphatic rings. The number of hydrogen-bond donors (Lipinski definition) is 1. The zero-order chi connectivity index (χ0) is 9.47. The fourth-order valence-electron chi connectivity index (χ4n) is 3.42. The van der Waals surface area contributed by atoms with Crippen molar-refractivity contribution in [1.82, 2.24) is 0 Å². The lowest BCUT2D eigenvalue weighted by atomic mass is 9.69. The molecule has 1 nitrogen and oxygen atoms in total. The molecule has 74 valence electrons. The van der Waals surface area contributed by atoms with Gasteiger partial charge in [-0.1, -0.05) is 19.1 Å². The smallest absolute Gasteiger partial charge is 0.0431 e. The molecular formula is C12H20O. The second kappa shape index (κ2) is 3.13. The van der Waals surface area contributed by atoms with Crippen LogP contribution in [-0.2, 0) is 0 Å². The highest BCUT2D eigenvalue weighted by Gasteiger charge is 2.49. The average Bonchev–Trinajstić information content (AvgIpc) is 2.68. The number of aliphatic hydroxyl groups is 1. The van der Waals surface area contributed by atoms with Crippen LogP contribution in [0.2, 0.25) is 0 Å². The Morgan fingerprint density at radius 2 is 2.31 bits per heavy atom. The van der Waals surface area contributed by atoms with E-state index in [1.807, 2.05) is 0 Å². The highest BCUT2D eigenvalue weighted by Crippen LogP contribution is 2.60. The molecule has 1 N–H and O–H groups in total. The van der Waals surface area contributed by atoms with Gasteiger partial charge in [-0.15, -0.1) is 0 Å². The van der Waals surface area contributed by atoms with E-state index in [1.165, 1.54) is 24.8 Å². The lowest BCUT2D eigenvalue weighted by Crippen LogP contribution is -2.26. The van der Waals surface area contributed by atoms with Crippen LogP contribution in [0.1, 0.15) is 39.0 Å². The van der Waals surface area contributed by atoms with Crippen LogP contribution in [0.15, 0.2) is 12.2 Å². The molecule has 0 radical (unpaired) electrons. The second-order valence-electron chi connectivity index (χ2n) is 4.98. The van der Waals surface area contributed by atoms with E-state index in [4.69, 9.17) is 5.11 Å². The number of hydrogen-bond acceptors (Lipinski definition) is 1. The minimum Gasteiger partial charge on any atom is -0.396 e. The van der Waals surface area contributed by atoms with E-state index in [2.05, 4.69) is 13.5 Å². The summed E-state index contributed by atoms with van der Waals surface area (Å²) >= 11 is 0. The molecule has 3 atom stereocenters. The Kier molecular flexibility index (Phi) is 2.23. The molecule has 0 spiro atoms. The monoisotopic (exact) mass is 180 g/mol. The molecule has 0 aromatic rings. The van der Waals surface area contributed by atoms with Gasteiger partial charge in [0, 0.05) is 6.61 Å². The molecule has 2 bridgehead atoms. The van der Waals surface area contributed by atoms with Crippen LogP contribution < -0.4 is 0 Å². The molecule has 0 saturated heterocycles. The Labute approximate surface area is 80.8 Å². The topological polar surface area (TPSA) is 20.2 Å². The lowest BCUT2D eigenvalue weighted by Gasteiger charge is -2.36. The Hall–Kier alpha value is -0.300. The number of rotatable bonds is 3. The van der Waals surface area contributed by atoms with Gasteiger partial charge >= 0.3 is 0 Å². The van der Waals surface area contributed by atoms with Crippen molar-refractivity contribution in [3.05, 3.63) is 12.2 Å². The molecule has 0 aromatic heterocycles. The van der Waals surface area contributed by atoms with Crippen molar-refractivity contribution >= 4 is 0 Å². The predicted octanol–water partition coefficient (Wildman–Crippen LogP) is 2.75. The van der Waals surface area contributed by atoms with Crippen molar-refractivity contribution in [3.8, 4) is 0 Å². The van der Waals surface area contributed by atoms with E-state index in [0.717, 1.165) is 24.7 Å². The average molecular weight is 180 g/mol. The highest BCUT2D eigenvalue weighted by atomic mass is 16.2. The minimum absolute atomic E-state index is 0.334. The van der Waals surface area contributed by atoms with Crippen LogP contribution in [0, 0.1) is 17.3 Å². The van der Waals surface area contributed by atoms with Crippen LogP contribution in [-0.4, -0.2) is 11.7 Å². The van der Waals surface area contributed by atoms with Crippen molar-refractivity contribution < 1.29 is 5.11 Å². The largest absolute Gasteiger partial charge is 0.396 e. The lowest BCUT2D eigenvalue weighted by molar-refractivity contribution is 0.201. The predicted molar refractivity (Wildman–Crippen MR) is 54.4 cm³/mol. The normalized spacial score (nSPS) is 43.1. The third-order valence-corrected chi connectivity index (χ3v) is 4.41. The van der Waals surface area contributed by atoms with Crippen molar-refractivity contribution in [2.75, 3.05) is 6.61 Å². The van der Waals surface area contributed by atoms with E-state index < -0.39 is 0 Å². The van der Waals surface area contributed by atoms with Gasteiger partial charge in [0.05, 0.1) is 0 Å². The van der Waals surface area contributed by atoms with Crippen LogP contribution in [0.5, 0.6) is 0 Å². The first-order valence-electron chi connectivity index (χ1n) is 5.48. The van der Waals surface area contributed by atoms with E-state index in [9.17, 15) is 0 Å². The van der Waals surface area contributed by atoms with Gasteiger partial charge in [0.25, 0.3) is 0 Å². The van der Waals surface area contributed by atoms with Crippen LogP contribution in [0.4, 0.5) is 0 Å². The third-order valence-electron chi connectivity index (χ3n) is 4.41. The Bertz CT molecular complexity index is 221. The SMILES string of the molecule is C=C1[C@@H]2CC[C@@H](C2)[C@]1(C)CCCO. The van der Waals surface area contributed by atoms with E-state index >= 15 is 0 Å². The van der Waals surface area contributed by atoms with Crippen LogP contribution in [0.3, 0.4) is 0 Å². The standard InChI is InChI=1S/C12H20O/c1-9-10-4-5-11(8-10)12(9,2)6-3-7-13/h10-11,13H,1,3-8H2,2H3/t10-,11+,12-/m1/s1. The van der Waals surface area contributed by atoms with Gasteiger partial charge in [-0.2, -0.15) is 0 Å². The summed E-state index contributed by atoms with van der Waals surface area (Å²) in [5, 5.41) is 8.87. The highest BCUT2D eigenvalue weighted by molar-refractivity contribution is 5.24. The molecule has 2 aliphatic carbocycles. The van der Waals surface area contributed by atoms with Gasteiger partial charge in [0.1, 0.15) is 0 Å². The maximum absolute atomic E-state index is 8.87. The number of fused-ring (bicyclic) bond motifs is 2.